The standard InChI is InChI=1S/C19H21N5O3/c1-22(13-8-14-27-17-11-6-3-7-12-17)18(25)15-23-19(26)24(21-20-23)16-9-4-2-5-10-16/h2-7,9-12H,8,13-15H2,1H3. The molecule has 0 bridgehead atoms. The number of ether oxygens (including phenoxy) is 1. The Morgan fingerprint density at radius 3 is 2.41 bits per heavy atom. The number of likely N-dealkylation sites (N-methyl/N-ethyl adjacent to an activating group) is 1. The molecule has 3 rings (SSSR count). The summed E-state index contributed by atoms with van der Waals surface area (Å²) in [6.45, 7) is 0.876. The maximum Gasteiger partial charge on any atom is 0.368 e. The molecular formula is C19H21N5O3. The number of carbonyl (C=O) groups is 1. The largest absolute Gasteiger partial charge is 0.494 e. The number of amides is 1. The molecule has 0 aliphatic carbocycles. The van der Waals surface area contributed by atoms with Gasteiger partial charge in [0.25, 0.3) is 0 Å². The summed E-state index contributed by atoms with van der Waals surface area (Å²) in [6.07, 6.45) is 0.683. The van der Waals surface area contributed by atoms with E-state index >= 15 is 0 Å². The summed E-state index contributed by atoms with van der Waals surface area (Å²) in [5, 5.41) is 7.63. The summed E-state index contributed by atoms with van der Waals surface area (Å²) in [5.41, 5.74) is 0.156. The van der Waals surface area contributed by atoms with Gasteiger partial charge in [0.2, 0.25) is 5.91 Å². The van der Waals surface area contributed by atoms with Crippen molar-refractivity contribution in [2.45, 2.75) is 13.0 Å². The van der Waals surface area contributed by atoms with Crippen LogP contribution in [0.15, 0.2) is 65.5 Å². The Hall–Kier alpha value is -3.42. The van der Waals surface area contributed by atoms with Crippen molar-refractivity contribution in [3.05, 3.63) is 71.1 Å². The van der Waals surface area contributed by atoms with Crippen molar-refractivity contribution in [1.29, 1.82) is 0 Å². The number of aromatic nitrogens is 4. The average molecular weight is 367 g/mol. The molecule has 0 unspecified atom stereocenters. The van der Waals surface area contributed by atoms with Crippen LogP contribution in [-0.4, -0.2) is 50.8 Å². The number of hydrogen-bond acceptors (Lipinski definition) is 5. The second kappa shape index (κ2) is 8.79. The smallest absolute Gasteiger partial charge is 0.368 e. The first-order valence-electron chi connectivity index (χ1n) is 8.65. The van der Waals surface area contributed by atoms with Crippen LogP contribution in [0.3, 0.4) is 0 Å². The molecule has 140 valence electrons. The van der Waals surface area contributed by atoms with E-state index in [2.05, 4.69) is 10.4 Å². The third kappa shape index (κ3) is 4.81. The highest BCUT2D eigenvalue weighted by Gasteiger charge is 2.15. The number of rotatable bonds is 8. The summed E-state index contributed by atoms with van der Waals surface area (Å²) in [4.78, 5) is 26.2. The van der Waals surface area contributed by atoms with Crippen LogP contribution >= 0.6 is 0 Å². The zero-order chi connectivity index (χ0) is 19.1. The van der Waals surface area contributed by atoms with E-state index in [1.165, 1.54) is 4.68 Å². The summed E-state index contributed by atoms with van der Waals surface area (Å²) in [6, 6.07) is 18.5. The molecule has 2 aromatic carbocycles. The van der Waals surface area contributed by atoms with Gasteiger partial charge in [-0.25, -0.2) is 4.79 Å². The lowest BCUT2D eigenvalue weighted by Gasteiger charge is -2.16. The van der Waals surface area contributed by atoms with E-state index in [-0.39, 0.29) is 12.5 Å². The van der Waals surface area contributed by atoms with Gasteiger partial charge in [-0.05, 0) is 41.1 Å². The fourth-order valence-electron chi connectivity index (χ4n) is 2.49. The van der Waals surface area contributed by atoms with Gasteiger partial charge in [0.15, 0.2) is 0 Å². The number of hydrogen-bond donors (Lipinski definition) is 0. The highest BCUT2D eigenvalue weighted by atomic mass is 16.5. The van der Waals surface area contributed by atoms with E-state index in [4.69, 9.17) is 4.74 Å². The Bertz CT molecular complexity index is 921. The van der Waals surface area contributed by atoms with E-state index in [1.54, 1.807) is 36.2 Å². The van der Waals surface area contributed by atoms with Gasteiger partial charge in [0, 0.05) is 13.6 Å². The van der Waals surface area contributed by atoms with Crippen molar-refractivity contribution in [3.8, 4) is 11.4 Å². The topological polar surface area (TPSA) is 82.2 Å². The number of tetrazole rings is 1. The first kappa shape index (κ1) is 18.4. The van der Waals surface area contributed by atoms with E-state index in [0.29, 0.717) is 25.3 Å². The Labute approximate surface area is 156 Å². The fourth-order valence-corrected chi connectivity index (χ4v) is 2.49. The molecule has 3 aromatic rings. The molecule has 8 heteroatoms. The molecular weight excluding hydrogens is 346 g/mol. The normalized spacial score (nSPS) is 10.6. The molecule has 27 heavy (non-hydrogen) atoms. The van der Waals surface area contributed by atoms with Crippen LogP contribution in [0.25, 0.3) is 5.69 Å². The lowest BCUT2D eigenvalue weighted by molar-refractivity contribution is -0.130. The number of nitrogens with zero attached hydrogens (tertiary/aromatic N) is 5. The van der Waals surface area contributed by atoms with E-state index < -0.39 is 5.69 Å². The van der Waals surface area contributed by atoms with Crippen molar-refractivity contribution in [3.63, 3.8) is 0 Å². The van der Waals surface area contributed by atoms with Crippen LogP contribution in [0.1, 0.15) is 6.42 Å². The molecule has 0 atom stereocenters. The van der Waals surface area contributed by atoms with Gasteiger partial charge >= 0.3 is 5.69 Å². The Balaban J connectivity index is 1.50. The van der Waals surface area contributed by atoms with Gasteiger partial charge in [0.05, 0.1) is 12.3 Å². The highest BCUT2D eigenvalue weighted by molar-refractivity contribution is 5.75. The number of carbonyl (C=O) groups excluding carboxylic acids is 1. The molecule has 1 heterocycles. The monoisotopic (exact) mass is 367 g/mol. The summed E-state index contributed by atoms with van der Waals surface area (Å²) >= 11 is 0. The van der Waals surface area contributed by atoms with Crippen molar-refractivity contribution < 1.29 is 9.53 Å². The van der Waals surface area contributed by atoms with Gasteiger partial charge in [-0.1, -0.05) is 36.4 Å². The van der Waals surface area contributed by atoms with Gasteiger partial charge < -0.3 is 9.64 Å². The summed E-state index contributed by atoms with van der Waals surface area (Å²) < 4.78 is 7.84. The van der Waals surface area contributed by atoms with E-state index in [9.17, 15) is 9.59 Å². The second-order valence-corrected chi connectivity index (χ2v) is 6.00. The Morgan fingerprint density at radius 2 is 1.70 bits per heavy atom. The molecule has 1 aromatic heterocycles. The zero-order valence-corrected chi connectivity index (χ0v) is 15.1. The first-order chi connectivity index (χ1) is 13.1. The van der Waals surface area contributed by atoms with Crippen LogP contribution in [0.4, 0.5) is 0 Å². The van der Waals surface area contributed by atoms with Gasteiger partial charge in [-0.3, -0.25) is 4.79 Å². The minimum atomic E-state index is -0.449. The summed E-state index contributed by atoms with van der Waals surface area (Å²) in [5.74, 6) is 0.590. The molecule has 0 aliphatic rings. The van der Waals surface area contributed by atoms with Crippen molar-refractivity contribution in [1.82, 2.24) is 24.7 Å². The number of para-hydroxylation sites is 2. The first-order valence-corrected chi connectivity index (χ1v) is 8.65. The zero-order valence-electron chi connectivity index (χ0n) is 15.1. The highest BCUT2D eigenvalue weighted by Crippen LogP contribution is 2.08. The molecule has 0 spiro atoms. The lowest BCUT2D eigenvalue weighted by Crippen LogP contribution is -2.35. The third-order valence-corrected chi connectivity index (χ3v) is 4.00. The quantitative estimate of drug-likeness (QED) is 0.562. The van der Waals surface area contributed by atoms with Crippen LogP contribution < -0.4 is 10.4 Å². The van der Waals surface area contributed by atoms with Crippen molar-refractivity contribution in [2.75, 3.05) is 20.2 Å². The fraction of sp³-hybridized carbons (Fsp3) is 0.263. The molecule has 0 fully saturated rings. The second-order valence-electron chi connectivity index (χ2n) is 6.00. The van der Waals surface area contributed by atoms with Crippen molar-refractivity contribution >= 4 is 5.91 Å². The summed E-state index contributed by atoms with van der Waals surface area (Å²) in [7, 11) is 1.69. The molecule has 1 amide bonds. The van der Waals surface area contributed by atoms with Gasteiger partial charge in [0.1, 0.15) is 12.3 Å². The van der Waals surface area contributed by atoms with Crippen LogP contribution in [0, 0.1) is 0 Å². The van der Waals surface area contributed by atoms with E-state index in [1.807, 2.05) is 36.4 Å². The van der Waals surface area contributed by atoms with E-state index in [0.717, 1.165) is 10.4 Å². The van der Waals surface area contributed by atoms with Gasteiger partial charge in [-0.2, -0.15) is 9.36 Å². The molecule has 0 N–H and O–H groups in total. The molecule has 0 radical (unpaired) electrons. The minimum Gasteiger partial charge on any atom is -0.494 e. The van der Waals surface area contributed by atoms with Crippen molar-refractivity contribution in [2.24, 2.45) is 0 Å². The van der Waals surface area contributed by atoms with Crippen LogP contribution in [0.2, 0.25) is 0 Å². The van der Waals surface area contributed by atoms with Gasteiger partial charge in [-0.15, -0.1) is 0 Å². The average Bonchev–Trinajstić information content (AvgIpc) is 3.07. The predicted octanol–water partition coefficient (Wildman–Crippen LogP) is 1.36. The maximum absolute atomic E-state index is 12.4. The molecule has 0 saturated carbocycles. The molecule has 8 nitrogen and oxygen atoms in total. The van der Waals surface area contributed by atoms with Crippen LogP contribution in [-0.2, 0) is 11.3 Å². The minimum absolute atomic E-state index is 0.151. The lowest BCUT2D eigenvalue weighted by atomic mass is 10.3. The Morgan fingerprint density at radius 1 is 1.04 bits per heavy atom. The molecule has 0 aliphatic heterocycles. The molecule has 0 saturated heterocycles. The predicted molar refractivity (Wildman–Crippen MR) is 99.8 cm³/mol. The number of benzene rings is 2. The SMILES string of the molecule is CN(CCCOc1ccccc1)C(=O)Cn1nnn(-c2ccccc2)c1=O. The third-order valence-electron chi connectivity index (χ3n) is 4.00. The van der Waals surface area contributed by atoms with Crippen LogP contribution in [0.5, 0.6) is 5.75 Å². The Kier molecular flexibility index (Phi) is 5.98. The maximum atomic E-state index is 12.4.